The van der Waals surface area contributed by atoms with Crippen LogP contribution in [0.2, 0.25) is 0 Å². The molecule has 1 amide bonds. The minimum Gasteiger partial charge on any atom is -0.273 e. The number of hydrogen-bond acceptors (Lipinski definition) is 1. The van der Waals surface area contributed by atoms with E-state index in [4.69, 9.17) is 5.73 Å². The van der Waals surface area contributed by atoms with Crippen LogP contribution in [0.1, 0.15) is 17.9 Å². The standard InChI is InChI=1S/C10H10NO/c11-10(12)9-6-8(9)7-4-2-1-3-5-7/h1-5,8-9,11H,6H2. The number of benzene rings is 1. The molecule has 1 aliphatic carbocycles. The monoisotopic (exact) mass is 160 g/mol. The molecular weight excluding hydrogens is 150 g/mol. The first kappa shape index (κ1) is 7.35. The molecule has 0 saturated heterocycles. The van der Waals surface area contributed by atoms with Gasteiger partial charge in [0.25, 0.3) is 0 Å². The quantitative estimate of drug-likeness (QED) is 0.647. The van der Waals surface area contributed by atoms with Crippen LogP contribution in [-0.2, 0) is 4.79 Å². The van der Waals surface area contributed by atoms with E-state index in [1.165, 1.54) is 5.56 Å². The van der Waals surface area contributed by atoms with Gasteiger partial charge in [0.05, 0.1) is 0 Å². The molecule has 1 fully saturated rings. The molecule has 0 spiro atoms. The zero-order valence-electron chi connectivity index (χ0n) is 6.66. The third-order valence-electron chi connectivity index (χ3n) is 2.35. The molecule has 61 valence electrons. The summed E-state index contributed by atoms with van der Waals surface area (Å²) in [5, 5.41) is 0. The van der Waals surface area contributed by atoms with E-state index in [2.05, 4.69) is 0 Å². The van der Waals surface area contributed by atoms with E-state index in [1.54, 1.807) is 0 Å². The molecule has 0 heterocycles. The third kappa shape index (κ3) is 1.20. The molecule has 0 aliphatic heterocycles. The number of carbonyl (C=O) groups excluding carboxylic acids is 1. The lowest BCUT2D eigenvalue weighted by Gasteiger charge is -1.95. The van der Waals surface area contributed by atoms with Gasteiger partial charge < -0.3 is 0 Å². The van der Waals surface area contributed by atoms with E-state index in [-0.39, 0.29) is 5.92 Å². The van der Waals surface area contributed by atoms with Crippen LogP contribution in [0, 0.1) is 5.92 Å². The van der Waals surface area contributed by atoms with E-state index in [0.29, 0.717) is 5.92 Å². The van der Waals surface area contributed by atoms with Gasteiger partial charge in [-0.3, -0.25) is 10.5 Å². The van der Waals surface area contributed by atoms with E-state index in [9.17, 15) is 4.79 Å². The summed E-state index contributed by atoms with van der Waals surface area (Å²) < 4.78 is 0. The molecule has 1 radical (unpaired) electrons. The first-order chi connectivity index (χ1) is 5.79. The molecule has 1 aromatic carbocycles. The Bertz CT molecular complexity index is 294. The summed E-state index contributed by atoms with van der Waals surface area (Å²) in [4.78, 5) is 10.7. The molecule has 1 aromatic rings. The number of nitrogens with one attached hydrogen (secondary N) is 1. The Kier molecular flexibility index (Phi) is 1.61. The molecule has 0 aromatic heterocycles. The van der Waals surface area contributed by atoms with Crippen molar-refractivity contribution in [3.63, 3.8) is 0 Å². The Morgan fingerprint density at radius 2 is 2.00 bits per heavy atom. The molecule has 2 heteroatoms. The fraction of sp³-hybridized carbons (Fsp3) is 0.300. The normalized spacial score (nSPS) is 26.7. The third-order valence-corrected chi connectivity index (χ3v) is 2.35. The molecule has 2 rings (SSSR count). The van der Waals surface area contributed by atoms with Crippen molar-refractivity contribution in [1.82, 2.24) is 5.73 Å². The van der Waals surface area contributed by atoms with Gasteiger partial charge >= 0.3 is 0 Å². The van der Waals surface area contributed by atoms with Crippen LogP contribution in [0.5, 0.6) is 0 Å². The smallest absolute Gasteiger partial charge is 0.242 e. The second-order valence-corrected chi connectivity index (χ2v) is 3.22. The van der Waals surface area contributed by atoms with Gasteiger partial charge in [0.2, 0.25) is 5.91 Å². The Morgan fingerprint density at radius 1 is 1.33 bits per heavy atom. The van der Waals surface area contributed by atoms with Gasteiger partial charge in [-0.2, -0.15) is 0 Å². The lowest BCUT2D eigenvalue weighted by atomic mass is 10.1. The number of amides is 1. The highest BCUT2D eigenvalue weighted by Gasteiger charge is 2.42. The van der Waals surface area contributed by atoms with Crippen LogP contribution >= 0.6 is 0 Å². The van der Waals surface area contributed by atoms with E-state index in [1.807, 2.05) is 30.3 Å². The summed E-state index contributed by atoms with van der Waals surface area (Å²) in [6.45, 7) is 0. The summed E-state index contributed by atoms with van der Waals surface area (Å²) in [5.41, 5.74) is 8.13. The van der Waals surface area contributed by atoms with Gasteiger partial charge in [0.1, 0.15) is 0 Å². The molecule has 2 nitrogen and oxygen atoms in total. The topological polar surface area (TPSA) is 40.9 Å². The molecule has 1 saturated carbocycles. The zero-order chi connectivity index (χ0) is 8.55. The maximum absolute atomic E-state index is 10.7. The van der Waals surface area contributed by atoms with Crippen molar-refractivity contribution >= 4 is 5.91 Å². The number of rotatable bonds is 2. The first-order valence-electron chi connectivity index (χ1n) is 4.09. The highest BCUT2D eigenvalue weighted by Crippen LogP contribution is 2.47. The summed E-state index contributed by atoms with van der Waals surface area (Å²) in [6.07, 6.45) is 0.867. The summed E-state index contributed by atoms with van der Waals surface area (Å²) in [7, 11) is 0. The second kappa shape index (κ2) is 2.63. The molecule has 1 N–H and O–H groups in total. The van der Waals surface area contributed by atoms with E-state index >= 15 is 0 Å². The van der Waals surface area contributed by atoms with Crippen molar-refractivity contribution in [2.24, 2.45) is 5.92 Å². The highest BCUT2D eigenvalue weighted by atomic mass is 16.1. The number of carbonyl (C=O) groups is 1. The van der Waals surface area contributed by atoms with Crippen molar-refractivity contribution in [2.75, 3.05) is 0 Å². The SMILES string of the molecule is [NH]C(=O)C1CC1c1ccccc1. The first-order valence-corrected chi connectivity index (χ1v) is 4.09. The molecule has 12 heavy (non-hydrogen) atoms. The van der Waals surface area contributed by atoms with Gasteiger partial charge in [0, 0.05) is 5.92 Å². The Morgan fingerprint density at radius 3 is 2.50 bits per heavy atom. The summed E-state index contributed by atoms with van der Waals surface area (Å²) >= 11 is 0. The van der Waals surface area contributed by atoms with Crippen molar-refractivity contribution < 1.29 is 4.79 Å². The van der Waals surface area contributed by atoms with Gasteiger partial charge in [0.15, 0.2) is 0 Å². The average Bonchev–Trinajstić information content (AvgIpc) is 2.84. The lowest BCUT2D eigenvalue weighted by Crippen LogP contribution is -2.01. The average molecular weight is 160 g/mol. The maximum atomic E-state index is 10.7. The van der Waals surface area contributed by atoms with Crippen molar-refractivity contribution in [3.05, 3.63) is 35.9 Å². The zero-order valence-corrected chi connectivity index (χ0v) is 6.66. The van der Waals surface area contributed by atoms with E-state index in [0.717, 1.165) is 6.42 Å². The Labute approximate surface area is 71.4 Å². The fourth-order valence-corrected chi connectivity index (χ4v) is 1.55. The van der Waals surface area contributed by atoms with Crippen LogP contribution in [-0.4, -0.2) is 5.91 Å². The van der Waals surface area contributed by atoms with Crippen LogP contribution in [0.25, 0.3) is 0 Å². The van der Waals surface area contributed by atoms with Crippen LogP contribution in [0.15, 0.2) is 30.3 Å². The molecule has 2 unspecified atom stereocenters. The molecular formula is C10H10NO. The molecule has 1 aliphatic rings. The van der Waals surface area contributed by atoms with Gasteiger partial charge in [-0.15, -0.1) is 0 Å². The van der Waals surface area contributed by atoms with Gasteiger partial charge in [-0.25, -0.2) is 0 Å². The predicted octanol–water partition coefficient (Wildman–Crippen LogP) is 1.60. The molecule has 2 atom stereocenters. The Balaban J connectivity index is 2.11. The highest BCUT2D eigenvalue weighted by molar-refractivity contribution is 5.80. The van der Waals surface area contributed by atoms with Gasteiger partial charge in [-0.05, 0) is 17.9 Å². The number of hydrogen-bond donors (Lipinski definition) is 0. The largest absolute Gasteiger partial charge is 0.273 e. The summed E-state index contributed by atoms with van der Waals surface area (Å²) in [6, 6.07) is 9.95. The maximum Gasteiger partial charge on any atom is 0.242 e. The summed E-state index contributed by atoms with van der Waals surface area (Å²) in [5.74, 6) is -0.104. The fourth-order valence-electron chi connectivity index (χ4n) is 1.55. The minimum absolute atomic E-state index is 0.0209. The predicted molar refractivity (Wildman–Crippen MR) is 45.4 cm³/mol. The van der Waals surface area contributed by atoms with Crippen molar-refractivity contribution in [2.45, 2.75) is 12.3 Å². The van der Waals surface area contributed by atoms with Crippen molar-refractivity contribution in [3.8, 4) is 0 Å². The van der Waals surface area contributed by atoms with Gasteiger partial charge in [-0.1, -0.05) is 30.3 Å². The lowest BCUT2D eigenvalue weighted by molar-refractivity contribution is -0.119. The van der Waals surface area contributed by atoms with Crippen LogP contribution in [0.3, 0.4) is 0 Å². The van der Waals surface area contributed by atoms with Crippen LogP contribution < -0.4 is 5.73 Å². The second-order valence-electron chi connectivity index (χ2n) is 3.22. The molecule has 0 bridgehead atoms. The minimum atomic E-state index is -0.413. The van der Waals surface area contributed by atoms with Crippen molar-refractivity contribution in [1.29, 1.82) is 0 Å². The van der Waals surface area contributed by atoms with E-state index < -0.39 is 5.91 Å². The Hall–Kier alpha value is -1.31. The van der Waals surface area contributed by atoms with Crippen LogP contribution in [0.4, 0.5) is 0 Å².